The fraction of sp³-hybridized carbons (Fsp3) is 0.333. The summed E-state index contributed by atoms with van der Waals surface area (Å²) in [5, 5.41) is 54.7. The van der Waals surface area contributed by atoms with Gasteiger partial charge in [0, 0.05) is 95.2 Å². The second-order valence-corrected chi connectivity index (χ2v) is 17.2. The van der Waals surface area contributed by atoms with Crippen molar-refractivity contribution in [1.29, 1.82) is 0 Å². The Morgan fingerprint density at radius 2 is 0.359 bits per heavy atom. The lowest BCUT2D eigenvalue weighted by Gasteiger charge is -2.16. The van der Waals surface area contributed by atoms with Gasteiger partial charge in [-0.05, 0) is 127 Å². The molecule has 6 N–H and O–H groups in total. The van der Waals surface area contributed by atoms with Crippen LogP contribution in [0.2, 0.25) is 0 Å². The maximum Gasteiger partial charge on any atom is 0.311 e. The Balaban J connectivity index is 2.02. The molecule has 4 rings (SSSR count). The first-order chi connectivity index (χ1) is 37.0. The van der Waals surface area contributed by atoms with E-state index in [1.54, 1.807) is 0 Å². The van der Waals surface area contributed by atoms with Gasteiger partial charge in [0.25, 0.3) is 0 Å². The van der Waals surface area contributed by atoms with E-state index in [1.165, 1.54) is 72.8 Å². The second kappa shape index (κ2) is 30.8. The summed E-state index contributed by atoms with van der Waals surface area (Å²) in [6, 6.07) is 16.2. The van der Waals surface area contributed by atoms with Gasteiger partial charge in [0.05, 0.1) is 0 Å². The smallest absolute Gasteiger partial charge is 0.311 e. The first-order valence-corrected chi connectivity index (χ1v) is 24.2. The van der Waals surface area contributed by atoms with Gasteiger partial charge in [-0.15, -0.1) is 0 Å². The number of hydrogen-bond donors (Lipinski definition) is 6. The molecule has 0 aromatic heterocycles. The molecule has 4 aromatic rings. The highest BCUT2D eigenvalue weighted by molar-refractivity contribution is 5.86. The molecule has 0 saturated heterocycles. The molecule has 24 nitrogen and oxygen atoms in total. The number of carbonyl (C=O) groups is 12. The Labute approximate surface area is 443 Å². The third-order valence-corrected chi connectivity index (χ3v) is 10.6. The summed E-state index contributed by atoms with van der Waals surface area (Å²) in [4.78, 5) is 145. The third-order valence-electron chi connectivity index (χ3n) is 10.6. The number of carbonyl (C=O) groups excluding carboxylic acids is 6. The quantitative estimate of drug-likeness (QED) is 0.0197. The van der Waals surface area contributed by atoms with Crippen LogP contribution in [0.1, 0.15) is 116 Å². The van der Waals surface area contributed by atoms with Gasteiger partial charge >= 0.3 is 71.6 Å². The van der Waals surface area contributed by atoms with E-state index in [1.807, 2.05) is 0 Å². The number of benzene rings is 4. The molecule has 0 aliphatic heterocycles. The molecule has 0 spiro atoms. The lowest BCUT2D eigenvalue weighted by Crippen LogP contribution is -2.11. The molecule has 0 heterocycles. The Bertz CT molecular complexity index is 2440. The van der Waals surface area contributed by atoms with Gasteiger partial charge in [0.1, 0.15) is 34.5 Å². The van der Waals surface area contributed by atoms with Crippen molar-refractivity contribution in [2.45, 2.75) is 116 Å². The molecule has 78 heavy (non-hydrogen) atoms. The van der Waals surface area contributed by atoms with E-state index >= 15 is 0 Å². The standard InChI is InChI=1S/C54H54O24/c55-43(56)7-1-13-49(67)73-37-22-34(23-38(28-37)74-50(68)14-2-8-44(57)58)31-19-32(35-24-39(75-51(69)15-3-9-45(59)60)29-40(25-35)76-52(70)16-4-10-46(61)62)21-33(20-31)36-26-41(77-53(71)17-5-11-47(63)64)30-42(27-36)78-54(72)18-6-12-48(65)66/h19-30H,1-18H2,(H,55,56)(H,57,58)(H,59,60)(H,61,62)(H,63,64)(H,65,66). The lowest BCUT2D eigenvalue weighted by atomic mass is 9.92. The molecule has 0 bridgehead atoms. The van der Waals surface area contributed by atoms with Crippen LogP contribution in [0, 0.1) is 0 Å². The van der Waals surface area contributed by atoms with E-state index in [0.29, 0.717) is 0 Å². The van der Waals surface area contributed by atoms with Crippen LogP contribution in [0.4, 0.5) is 0 Å². The fourth-order valence-electron chi connectivity index (χ4n) is 7.09. The van der Waals surface area contributed by atoms with Crippen LogP contribution in [0.5, 0.6) is 34.5 Å². The molecule has 414 valence electrons. The Morgan fingerprint density at radius 1 is 0.218 bits per heavy atom. The van der Waals surface area contributed by atoms with Crippen LogP contribution < -0.4 is 28.4 Å². The minimum absolute atomic E-state index is 0.0998. The zero-order valence-corrected chi connectivity index (χ0v) is 41.7. The highest BCUT2D eigenvalue weighted by Crippen LogP contribution is 2.40. The van der Waals surface area contributed by atoms with Crippen molar-refractivity contribution in [3.63, 3.8) is 0 Å². The molecule has 0 radical (unpaired) electrons. The highest BCUT2D eigenvalue weighted by atomic mass is 16.6. The SMILES string of the molecule is O=C(O)CCCC(=O)Oc1cc(OC(=O)CCCC(=O)O)cc(-c2cc(-c3cc(OC(=O)CCCC(=O)O)cc(OC(=O)CCCC(=O)O)c3)cc(-c3cc(OC(=O)CCCC(=O)O)cc(OC(=O)CCCC(=O)O)c3)c2)c1. The van der Waals surface area contributed by atoms with Crippen LogP contribution in [-0.2, 0) is 57.5 Å². The van der Waals surface area contributed by atoms with Crippen LogP contribution in [0.15, 0.2) is 72.8 Å². The topological polar surface area (TPSA) is 382 Å². The summed E-state index contributed by atoms with van der Waals surface area (Å²) < 4.78 is 33.4. The predicted octanol–water partition coefficient (Wildman–Crippen LogP) is 7.65. The van der Waals surface area contributed by atoms with E-state index in [2.05, 4.69) is 0 Å². The van der Waals surface area contributed by atoms with Gasteiger partial charge in [-0.1, -0.05) is 0 Å². The largest absolute Gasteiger partial charge is 0.481 e. The van der Waals surface area contributed by atoms with Crippen molar-refractivity contribution < 1.29 is 117 Å². The first kappa shape index (κ1) is 61.1. The first-order valence-electron chi connectivity index (χ1n) is 24.2. The van der Waals surface area contributed by atoms with Crippen molar-refractivity contribution in [1.82, 2.24) is 0 Å². The van der Waals surface area contributed by atoms with E-state index < -0.39 is 71.6 Å². The van der Waals surface area contributed by atoms with Gasteiger partial charge < -0.3 is 59.1 Å². The minimum atomic E-state index is -1.17. The number of ether oxygens (including phenoxy) is 6. The number of carboxylic acid groups (broad SMARTS) is 6. The summed E-state index contributed by atoms with van der Waals surface area (Å²) in [5.74, 6) is -13.5. The molecule has 0 saturated carbocycles. The molecule has 0 aliphatic rings. The second-order valence-electron chi connectivity index (χ2n) is 17.2. The molecule has 0 fully saturated rings. The third kappa shape index (κ3) is 23.4. The number of aliphatic carboxylic acids is 6. The van der Waals surface area contributed by atoms with Gasteiger partial charge in [-0.2, -0.15) is 0 Å². The molecular formula is C54H54O24. The number of carboxylic acids is 6. The van der Waals surface area contributed by atoms with Crippen molar-refractivity contribution in [2.24, 2.45) is 0 Å². The maximum atomic E-state index is 13.0. The van der Waals surface area contributed by atoms with E-state index in [-0.39, 0.29) is 183 Å². The van der Waals surface area contributed by atoms with Crippen LogP contribution in [0.3, 0.4) is 0 Å². The van der Waals surface area contributed by atoms with Crippen molar-refractivity contribution in [3.8, 4) is 67.9 Å². The predicted molar refractivity (Wildman–Crippen MR) is 265 cm³/mol. The fourth-order valence-corrected chi connectivity index (χ4v) is 7.09. The highest BCUT2D eigenvalue weighted by Gasteiger charge is 2.20. The summed E-state index contributed by atoms with van der Waals surface area (Å²) in [6.07, 6.45) is -4.86. The Hall–Kier alpha value is -9.48. The molecule has 24 heteroatoms. The molecule has 0 aliphatic carbocycles. The molecule has 0 unspecified atom stereocenters. The number of rotatable bonds is 33. The van der Waals surface area contributed by atoms with Crippen LogP contribution >= 0.6 is 0 Å². The van der Waals surface area contributed by atoms with Crippen molar-refractivity contribution in [3.05, 3.63) is 72.8 Å². The van der Waals surface area contributed by atoms with Crippen LogP contribution in [-0.4, -0.2) is 102 Å². The maximum absolute atomic E-state index is 13.0. The lowest BCUT2D eigenvalue weighted by molar-refractivity contribution is -0.139. The van der Waals surface area contributed by atoms with Crippen molar-refractivity contribution in [2.75, 3.05) is 0 Å². The van der Waals surface area contributed by atoms with E-state index in [9.17, 15) is 57.5 Å². The van der Waals surface area contributed by atoms with Gasteiger partial charge in [0.15, 0.2) is 0 Å². The monoisotopic (exact) mass is 1090 g/mol. The normalized spacial score (nSPS) is 10.6. The zero-order chi connectivity index (χ0) is 57.3. The zero-order valence-electron chi connectivity index (χ0n) is 41.7. The van der Waals surface area contributed by atoms with Gasteiger partial charge in [-0.3, -0.25) is 57.5 Å². The van der Waals surface area contributed by atoms with E-state index in [4.69, 9.17) is 59.1 Å². The van der Waals surface area contributed by atoms with Gasteiger partial charge in [0.2, 0.25) is 0 Å². The molecule has 4 aromatic carbocycles. The summed E-state index contributed by atoms with van der Waals surface area (Å²) >= 11 is 0. The molecular weight excluding hydrogens is 1030 g/mol. The molecule has 0 atom stereocenters. The minimum Gasteiger partial charge on any atom is -0.481 e. The van der Waals surface area contributed by atoms with Crippen molar-refractivity contribution >= 4 is 71.6 Å². The van der Waals surface area contributed by atoms with E-state index in [0.717, 1.165) is 0 Å². The summed E-state index contributed by atoms with van der Waals surface area (Å²) in [6.45, 7) is 0. The average molecular weight is 1090 g/mol. The van der Waals surface area contributed by atoms with Crippen LogP contribution in [0.25, 0.3) is 33.4 Å². The number of esters is 6. The summed E-state index contributed by atoms with van der Waals surface area (Å²) in [7, 11) is 0. The molecule has 0 amide bonds. The Kier molecular flexibility index (Phi) is 24.1. The summed E-state index contributed by atoms with van der Waals surface area (Å²) in [5.41, 5.74) is 1.00. The number of hydrogen-bond acceptors (Lipinski definition) is 18. The Morgan fingerprint density at radius 3 is 0.500 bits per heavy atom. The average Bonchev–Trinajstić information content (AvgIpc) is 3.33. The van der Waals surface area contributed by atoms with Gasteiger partial charge in [-0.25, -0.2) is 0 Å².